The summed E-state index contributed by atoms with van der Waals surface area (Å²) >= 11 is 1.84. The number of rotatable bonds is 5. The minimum atomic E-state index is 0.442. The number of hydrogen-bond acceptors (Lipinski definition) is 3. The fraction of sp³-hybridized carbons (Fsp3) is 0.235. The maximum absolute atomic E-state index is 4.30. The molecule has 1 unspecified atom stereocenters. The van der Waals surface area contributed by atoms with Crippen LogP contribution in [0.1, 0.15) is 23.8 Å². The average molecular weight is 295 g/mol. The van der Waals surface area contributed by atoms with E-state index in [1.807, 2.05) is 28.3 Å². The summed E-state index contributed by atoms with van der Waals surface area (Å²) < 4.78 is 1.89. The summed E-state index contributed by atoms with van der Waals surface area (Å²) in [7, 11) is 0. The highest BCUT2D eigenvalue weighted by atomic mass is 32.1. The van der Waals surface area contributed by atoms with Crippen LogP contribution in [0.25, 0.3) is 5.69 Å². The molecule has 106 valence electrons. The van der Waals surface area contributed by atoms with Crippen molar-refractivity contribution in [3.8, 4) is 5.69 Å². The zero-order valence-electron chi connectivity index (χ0n) is 11.6. The molecule has 2 heterocycles. The quantitative estimate of drug-likeness (QED) is 0.751. The van der Waals surface area contributed by atoms with Crippen molar-refractivity contribution in [2.45, 2.75) is 18.9 Å². The van der Waals surface area contributed by atoms with Gasteiger partial charge in [-0.3, -0.25) is 0 Å². The standard InChI is InChI=1S/C17H17N3S/c1-4-14(12-15(5-1)20-10-3-9-18-20)19-17(13-7-8-13)16-6-2-11-21-16/h1-6,9-13,17,19H,7-8H2. The minimum absolute atomic E-state index is 0.442. The Morgan fingerprint density at radius 2 is 2.14 bits per heavy atom. The smallest absolute Gasteiger partial charge is 0.0666 e. The topological polar surface area (TPSA) is 29.9 Å². The summed E-state index contributed by atoms with van der Waals surface area (Å²) in [5.41, 5.74) is 2.25. The molecule has 1 saturated carbocycles. The predicted molar refractivity (Wildman–Crippen MR) is 87.0 cm³/mol. The van der Waals surface area contributed by atoms with Crippen molar-refractivity contribution in [2.75, 3.05) is 5.32 Å². The van der Waals surface area contributed by atoms with Gasteiger partial charge in [-0.05, 0) is 54.5 Å². The number of anilines is 1. The summed E-state index contributed by atoms with van der Waals surface area (Å²) in [4.78, 5) is 1.43. The molecule has 3 aromatic rings. The van der Waals surface area contributed by atoms with Gasteiger partial charge < -0.3 is 5.32 Å². The first-order chi connectivity index (χ1) is 10.4. The molecule has 0 amide bonds. The van der Waals surface area contributed by atoms with Gasteiger partial charge in [0.1, 0.15) is 0 Å². The third-order valence-electron chi connectivity index (χ3n) is 3.88. The molecule has 1 aromatic carbocycles. The normalized spacial score (nSPS) is 15.8. The van der Waals surface area contributed by atoms with E-state index in [4.69, 9.17) is 0 Å². The Labute approximate surface area is 128 Å². The fourth-order valence-corrected chi connectivity index (χ4v) is 3.53. The van der Waals surface area contributed by atoms with Crippen LogP contribution in [0, 0.1) is 5.92 Å². The van der Waals surface area contributed by atoms with Gasteiger partial charge in [-0.15, -0.1) is 11.3 Å². The van der Waals surface area contributed by atoms with Gasteiger partial charge in [0.2, 0.25) is 0 Å². The molecule has 4 heteroatoms. The van der Waals surface area contributed by atoms with E-state index in [9.17, 15) is 0 Å². The molecular weight excluding hydrogens is 278 g/mol. The number of hydrogen-bond donors (Lipinski definition) is 1. The first-order valence-electron chi connectivity index (χ1n) is 7.30. The van der Waals surface area contributed by atoms with Gasteiger partial charge in [0.15, 0.2) is 0 Å². The number of thiophene rings is 1. The fourth-order valence-electron chi connectivity index (χ4n) is 2.66. The highest BCUT2D eigenvalue weighted by Crippen LogP contribution is 2.44. The van der Waals surface area contributed by atoms with Gasteiger partial charge in [-0.2, -0.15) is 5.10 Å². The van der Waals surface area contributed by atoms with Crippen LogP contribution < -0.4 is 5.32 Å². The number of benzene rings is 1. The van der Waals surface area contributed by atoms with Crippen molar-refractivity contribution in [1.82, 2.24) is 9.78 Å². The first kappa shape index (κ1) is 12.7. The van der Waals surface area contributed by atoms with Crippen molar-refractivity contribution >= 4 is 17.0 Å². The second kappa shape index (κ2) is 5.37. The number of aromatic nitrogens is 2. The second-order valence-electron chi connectivity index (χ2n) is 5.48. The Hall–Kier alpha value is -2.07. The van der Waals surface area contributed by atoms with Gasteiger partial charge in [-0.1, -0.05) is 12.1 Å². The molecule has 1 atom stereocenters. The zero-order valence-corrected chi connectivity index (χ0v) is 12.5. The van der Waals surface area contributed by atoms with E-state index in [0.29, 0.717) is 6.04 Å². The lowest BCUT2D eigenvalue weighted by atomic mass is 10.1. The molecule has 1 aliphatic carbocycles. The Morgan fingerprint density at radius 3 is 2.86 bits per heavy atom. The molecule has 0 saturated heterocycles. The van der Waals surface area contributed by atoms with Gasteiger partial charge in [0.05, 0.1) is 11.7 Å². The Bertz CT molecular complexity index is 699. The van der Waals surface area contributed by atoms with E-state index in [-0.39, 0.29) is 0 Å². The molecule has 0 bridgehead atoms. The summed E-state index contributed by atoms with van der Waals surface area (Å²) in [6.45, 7) is 0. The molecule has 1 fully saturated rings. The van der Waals surface area contributed by atoms with Crippen molar-refractivity contribution in [1.29, 1.82) is 0 Å². The monoisotopic (exact) mass is 295 g/mol. The lowest BCUT2D eigenvalue weighted by molar-refractivity contribution is 0.691. The highest BCUT2D eigenvalue weighted by Gasteiger charge is 2.32. The van der Waals surface area contributed by atoms with Crippen LogP contribution in [0.3, 0.4) is 0 Å². The van der Waals surface area contributed by atoms with Crippen LogP contribution in [0.2, 0.25) is 0 Å². The van der Waals surface area contributed by atoms with Crippen LogP contribution in [0.5, 0.6) is 0 Å². The Balaban J connectivity index is 1.60. The second-order valence-corrected chi connectivity index (χ2v) is 6.46. The third-order valence-corrected chi connectivity index (χ3v) is 4.84. The van der Waals surface area contributed by atoms with Crippen molar-refractivity contribution in [2.24, 2.45) is 5.92 Å². The van der Waals surface area contributed by atoms with Crippen LogP contribution >= 0.6 is 11.3 Å². The molecule has 0 spiro atoms. The summed E-state index contributed by atoms with van der Waals surface area (Å²) in [5, 5.41) is 10.2. The molecule has 1 N–H and O–H groups in total. The van der Waals surface area contributed by atoms with Crippen molar-refractivity contribution in [3.05, 3.63) is 65.1 Å². The third kappa shape index (κ3) is 2.72. The van der Waals surface area contributed by atoms with Crippen LogP contribution in [-0.4, -0.2) is 9.78 Å². The molecule has 3 nitrogen and oxygen atoms in total. The Morgan fingerprint density at radius 1 is 1.19 bits per heavy atom. The minimum Gasteiger partial charge on any atom is -0.377 e. The highest BCUT2D eigenvalue weighted by molar-refractivity contribution is 7.10. The molecule has 1 aliphatic rings. The Kier molecular flexibility index (Phi) is 3.24. The summed E-state index contributed by atoms with van der Waals surface area (Å²) in [6, 6.07) is 15.2. The largest absolute Gasteiger partial charge is 0.377 e. The number of nitrogens with zero attached hydrogens (tertiary/aromatic N) is 2. The lowest BCUT2D eigenvalue weighted by Crippen LogP contribution is -2.11. The van der Waals surface area contributed by atoms with Crippen molar-refractivity contribution in [3.63, 3.8) is 0 Å². The summed E-state index contributed by atoms with van der Waals surface area (Å²) in [5.74, 6) is 0.775. The maximum atomic E-state index is 4.30. The van der Waals surface area contributed by atoms with E-state index in [0.717, 1.165) is 17.3 Å². The van der Waals surface area contributed by atoms with E-state index >= 15 is 0 Å². The van der Waals surface area contributed by atoms with Crippen molar-refractivity contribution < 1.29 is 0 Å². The molecule has 0 radical (unpaired) electrons. The van der Waals surface area contributed by atoms with Gasteiger partial charge in [0.25, 0.3) is 0 Å². The predicted octanol–water partition coefficient (Wildman–Crippen LogP) is 4.50. The van der Waals surface area contributed by atoms with E-state index < -0.39 is 0 Å². The average Bonchev–Trinajstić information content (AvgIpc) is 3.01. The zero-order chi connectivity index (χ0) is 14.1. The molecule has 0 aliphatic heterocycles. The van der Waals surface area contributed by atoms with Crippen LogP contribution in [-0.2, 0) is 0 Å². The van der Waals surface area contributed by atoms with Crippen LogP contribution in [0.4, 0.5) is 5.69 Å². The molecule has 4 rings (SSSR count). The molecular formula is C17H17N3S. The maximum Gasteiger partial charge on any atom is 0.0666 e. The lowest BCUT2D eigenvalue weighted by Gasteiger charge is -2.19. The summed E-state index contributed by atoms with van der Waals surface area (Å²) in [6.07, 6.45) is 6.43. The number of nitrogens with one attached hydrogen (secondary N) is 1. The van der Waals surface area contributed by atoms with E-state index in [1.165, 1.54) is 17.7 Å². The molecule has 21 heavy (non-hydrogen) atoms. The van der Waals surface area contributed by atoms with Gasteiger partial charge in [0, 0.05) is 23.0 Å². The molecule has 2 aromatic heterocycles. The van der Waals surface area contributed by atoms with Crippen LogP contribution in [0.15, 0.2) is 60.2 Å². The first-order valence-corrected chi connectivity index (χ1v) is 8.18. The van der Waals surface area contributed by atoms with E-state index in [1.54, 1.807) is 6.20 Å². The SMILES string of the molecule is c1cc(NC(c2cccs2)C2CC2)cc(-n2cccn2)c1. The van der Waals surface area contributed by atoms with Gasteiger partial charge in [-0.25, -0.2) is 4.68 Å². The van der Waals surface area contributed by atoms with Gasteiger partial charge >= 0.3 is 0 Å². The van der Waals surface area contributed by atoms with E-state index in [2.05, 4.69) is 52.2 Å².